The molecule has 22 heavy (non-hydrogen) atoms. The topological polar surface area (TPSA) is 68.4 Å². The molecule has 0 fully saturated rings. The summed E-state index contributed by atoms with van der Waals surface area (Å²) in [4.78, 5) is 27.4. The molecule has 2 rings (SSSR count). The Balaban J connectivity index is 2.44. The van der Waals surface area contributed by atoms with Gasteiger partial charge in [0.2, 0.25) is 0 Å². The van der Waals surface area contributed by atoms with Crippen LogP contribution in [0.3, 0.4) is 0 Å². The van der Waals surface area contributed by atoms with Gasteiger partial charge < -0.3 is 14.5 Å². The molecule has 5 nitrogen and oxygen atoms in total. The van der Waals surface area contributed by atoms with Gasteiger partial charge in [0.1, 0.15) is 0 Å². The fraction of sp³-hybridized carbons (Fsp3) is 0.412. The number of fused-ring (bicyclic) bond motifs is 1. The number of carbonyl (C=O) groups excluding carboxylic acids is 2. The molecule has 118 valence electrons. The highest BCUT2D eigenvalue weighted by Gasteiger charge is 2.29. The first-order valence-electron chi connectivity index (χ1n) is 7.47. The van der Waals surface area contributed by atoms with Crippen molar-refractivity contribution in [3.63, 3.8) is 0 Å². The number of hydrogen-bond donors (Lipinski definition) is 1. The van der Waals surface area contributed by atoms with Crippen LogP contribution in [0, 0.1) is 6.92 Å². The molecule has 1 N–H and O–H groups in total. The molecule has 1 aromatic heterocycles. The Hall–Kier alpha value is -2.30. The Morgan fingerprint density at radius 2 is 1.82 bits per heavy atom. The second kappa shape index (κ2) is 7.11. The average Bonchev–Trinajstić information content (AvgIpc) is 2.81. The van der Waals surface area contributed by atoms with Crippen molar-refractivity contribution in [1.82, 2.24) is 4.98 Å². The molecule has 5 heteroatoms. The van der Waals surface area contributed by atoms with Gasteiger partial charge in [0.15, 0.2) is 0 Å². The quantitative estimate of drug-likeness (QED) is 0.833. The first-order chi connectivity index (χ1) is 10.6. The van der Waals surface area contributed by atoms with Crippen LogP contribution in [0.25, 0.3) is 10.9 Å². The van der Waals surface area contributed by atoms with E-state index in [9.17, 15) is 9.59 Å². The summed E-state index contributed by atoms with van der Waals surface area (Å²) in [5, 5.41) is 0.933. The van der Waals surface area contributed by atoms with Crippen molar-refractivity contribution in [3.05, 3.63) is 35.5 Å². The van der Waals surface area contributed by atoms with Crippen LogP contribution in [-0.4, -0.2) is 30.1 Å². The van der Waals surface area contributed by atoms with Gasteiger partial charge in [-0.05, 0) is 32.4 Å². The van der Waals surface area contributed by atoms with E-state index < -0.39 is 17.9 Å². The second-order valence-corrected chi connectivity index (χ2v) is 5.02. The number of aromatic nitrogens is 1. The van der Waals surface area contributed by atoms with Crippen LogP contribution in [0.15, 0.2) is 24.3 Å². The van der Waals surface area contributed by atoms with E-state index in [2.05, 4.69) is 4.98 Å². The molecule has 1 atom stereocenters. The minimum absolute atomic E-state index is 0.0185. The summed E-state index contributed by atoms with van der Waals surface area (Å²) in [6.07, 6.45) is -0.0185. The van der Waals surface area contributed by atoms with E-state index in [-0.39, 0.29) is 13.0 Å². The predicted octanol–water partition coefficient (Wildman–Crippen LogP) is 3.08. The Morgan fingerprint density at radius 1 is 1.14 bits per heavy atom. The molecule has 0 saturated heterocycles. The normalized spacial score (nSPS) is 12.1. The molecule has 0 aliphatic rings. The van der Waals surface area contributed by atoms with Gasteiger partial charge >= 0.3 is 11.9 Å². The average molecular weight is 303 g/mol. The Morgan fingerprint density at radius 3 is 2.50 bits per heavy atom. The standard InChI is InChI=1S/C17H21NO4/c1-4-21-15(19)10-13(17(20)22-5-2)16-11(3)18-14-9-7-6-8-12(14)16/h6-9,13,18H,4-5,10H2,1-3H3/t13-/m0/s1. The molecule has 0 aliphatic heterocycles. The van der Waals surface area contributed by atoms with Crippen molar-refractivity contribution in [1.29, 1.82) is 0 Å². The Bertz CT molecular complexity index is 674. The number of aromatic amines is 1. The van der Waals surface area contributed by atoms with Crippen LogP contribution in [0.2, 0.25) is 0 Å². The van der Waals surface area contributed by atoms with Crippen LogP contribution in [-0.2, 0) is 19.1 Å². The summed E-state index contributed by atoms with van der Waals surface area (Å²) < 4.78 is 10.1. The van der Waals surface area contributed by atoms with E-state index >= 15 is 0 Å². The zero-order chi connectivity index (χ0) is 16.1. The van der Waals surface area contributed by atoms with Crippen molar-refractivity contribution >= 4 is 22.8 Å². The second-order valence-electron chi connectivity index (χ2n) is 5.02. The molecule has 0 unspecified atom stereocenters. The minimum Gasteiger partial charge on any atom is -0.466 e. The molecule has 1 heterocycles. The summed E-state index contributed by atoms with van der Waals surface area (Å²) in [5.74, 6) is -1.45. The fourth-order valence-electron chi connectivity index (χ4n) is 2.68. The van der Waals surface area contributed by atoms with E-state index in [0.29, 0.717) is 6.61 Å². The lowest BCUT2D eigenvalue weighted by Gasteiger charge is -2.15. The molecule has 2 aromatic rings. The third kappa shape index (κ3) is 3.30. The number of aryl methyl sites for hydroxylation is 1. The molecular formula is C17H21NO4. The highest BCUT2D eigenvalue weighted by atomic mass is 16.5. The summed E-state index contributed by atoms with van der Waals surface area (Å²) in [7, 11) is 0. The number of H-pyrrole nitrogens is 1. The maximum Gasteiger partial charge on any atom is 0.314 e. The number of benzene rings is 1. The number of carbonyl (C=O) groups is 2. The van der Waals surface area contributed by atoms with Gasteiger partial charge in [-0.2, -0.15) is 0 Å². The summed E-state index contributed by atoms with van der Waals surface area (Å²) in [5.41, 5.74) is 2.61. The number of ether oxygens (including phenoxy) is 2. The first kappa shape index (κ1) is 16.1. The molecule has 0 amide bonds. The number of para-hydroxylation sites is 1. The van der Waals surface area contributed by atoms with Gasteiger partial charge in [0.25, 0.3) is 0 Å². The van der Waals surface area contributed by atoms with Gasteiger partial charge in [-0.15, -0.1) is 0 Å². The number of rotatable bonds is 6. The van der Waals surface area contributed by atoms with Gasteiger partial charge in [-0.3, -0.25) is 9.59 Å². The van der Waals surface area contributed by atoms with E-state index in [1.807, 2.05) is 31.2 Å². The molecule has 0 spiro atoms. The van der Waals surface area contributed by atoms with E-state index in [0.717, 1.165) is 22.2 Å². The van der Waals surface area contributed by atoms with Crippen molar-refractivity contribution in [2.75, 3.05) is 13.2 Å². The molecular weight excluding hydrogens is 282 g/mol. The van der Waals surface area contributed by atoms with Crippen LogP contribution >= 0.6 is 0 Å². The Labute approximate surface area is 129 Å². The van der Waals surface area contributed by atoms with Crippen molar-refractivity contribution in [3.8, 4) is 0 Å². The van der Waals surface area contributed by atoms with Crippen molar-refractivity contribution < 1.29 is 19.1 Å². The molecule has 1 aromatic carbocycles. The smallest absolute Gasteiger partial charge is 0.314 e. The molecule has 0 radical (unpaired) electrons. The number of esters is 2. The Kier molecular flexibility index (Phi) is 5.20. The first-order valence-corrected chi connectivity index (χ1v) is 7.47. The maximum absolute atomic E-state index is 12.3. The lowest BCUT2D eigenvalue weighted by molar-refractivity contribution is -0.151. The van der Waals surface area contributed by atoms with E-state index in [1.54, 1.807) is 13.8 Å². The SMILES string of the molecule is CCOC(=O)C[C@H](C(=O)OCC)c1c(C)[nH]c2ccccc12. The molecule has 0 bridgehead atoms. The van der Waals surface area contributed by atoms with Crippen LogP contribution in [0.5, 0.6) is 0 Å². The number of nitrogens with one attached hydrogen (secondary N) is 1. The minimum atomic E-state index is -0.657. The maximum atomic E-state index is 12.3. The van der Waals surface area contributed by atoms with Crippen LogP contribution < -0.4 is 0 Å². The third-order valence-corrected chi connectivity index (χ3v) is 3.54. The van der Waals surface area contributed by atoms with Crippen molar-refractivity contribution in [2.45, 2.75) is 33.1 Å². The lowest BCUT2D eigenvalue weighted by atomic mass is 9.93. The highest BCUT2D eigenvalue weighted by Crippen LogP contribution is 2.32. The summed E-state index contributed by atoms with van der Waals surface area (Å²) >= 11 is 0. The van der Waals surface area contributed by atoms with Gasteiger partial charge in [0, 0.05) is 16.6 Å². The van der Waals surface area contributed by atoms with Crippen molar-refractivity contribution in [2.24, 2.45) is 0 Å². The fourth-order valence-corrected chi connectivity index (χ4v) is 2.68. The number of hydrogen-bond acceptors (Lipinski definition) is 4. The van der Waals surface area contributed by atoms with E-state index in [4.69, 9.17) is 9.47 Å². The monoisotopic (exact) mass is 303 g/mol. The van der Waals surface area contributed by atoms with Crippen LogP contribution in [0.1, 0.15) is 37.4 Å². The van der Waals surface area contributed by atoms with Gasteiger partial charge in [-0.25, -0.2) is 0 Å². The zero-order valence-corrected chi connectivity index (χ0v) is 13.1. The zero-order valence-electron chi connectivity index (χ0n) is 13.1. The largest absolute Gasteiger partial charge is 0.466 e. The van der Waals surface area contributed by atoms with Crippen LogP contribution in [0.4, 0.5) is 0 Å². The molecule has 0 aliphatic carbocycles. The third-order valence-electron chi connectivity index (χ3n) is 3.54. The summed E-state index contributed by atoms with van der Waals surface area (Å²) in [6.45, 7) is 5.96. The summed E-state index contributed by atoms with van der Waals surface area (Å²) in [6, 6.07) is 7.71. The lowest BCUT2D eigenvalue weighted by Crippen LogP contribution is -2.21. The van der Waals surface area contributed by atoms with E-state index in [1.165, 1.54) is 0 Å². The van der Waals surface area contributed by atoms with Gasteiger partial charge in [-0.1, -0.05) is 18.2 Å². The highest BCUT2D eigenvalue weighted by molar-refractivity contribution is 5.93. The van der Waals surface area contributed by atoms with Gasteiger partial charge in [0.05, 0.1) is 25.6 Å². The molecule has 0 saturated carbocycles. The predicted molar refractivity (Wildman–Crippen MR) is 83.7 cm³/mol.